The summed E-state index contributed by atoms with van der Waals surface area (Å²) in [6.45, 7) is 3.88. The summed E-state index contributed by atoms with van der Waals surface area (Å²) in [6.07, 6.45) is 2.52. The molecule has 0 atom stereocenters. The number of esters is 1. The molecule has 0 fully saturated rings. The van der Waals surface area contributed by atoms with Gasteiger partial charge in [0.1, 0.15) is 9.84 Å². The van der Waals surface area contributed by atoms with Crippen molar-refractivity contribution in [1.29, 1.82) is 0 Å². The minimum atomic E-state index is -3.03. The normalized spacial score (nSPS) is 11.1. The highest BCUT2D eigenvalue weighted by molar-refractivity contribution is 7.90. The summed E-state index contributed by atoms with van der Waals surface area (Å²) in [7, 11) is -3.03. The van der Waals surface area contributed by atoms with Crippen LogP contribution in [-0.4, -0.2) is 49.5 Å². The summed E-state index contributed by atoms with van der Waals surface area (Å²) in [5, 5.41) is 2.79. The fourth-order valence-electron chi connectivity index (χ4n) is 1.31. The lowest BCUT2D eigenvalue weighted by Crippen LogP contribution is -2.16. The maximum absolute atomic E-state index is 11.5. The van der Waals surface area contributed by atoms with Crippen LogP contribution in [0.15, 0.2) is 6.20 Å². The fourth-order valence-corrected chi connectivity index (χ4v) is 1.78. The standard InChI is InChI=1S/C11H17N3O4S/c1-4-18-10(15)9-7-13-11(14-8(9)2)12-5-6-19(3,16)17/h7H,4-6H2,1-3H3,(H,12,13,14). The first-order chi connectivity index (χ1) is 8.83. The van der Waals surface area contributed by atoms with Gasteiger partial charge in [0.05, 0.1) is 23.6 Å². The minimum Gasteiger partial charge on any atom is -0.462 e. The zero-order chi connectivity index (χ0) is 14.5. The summed E-state index contributed by atoms with van der Waals surface area (Å²) in [5.41, 5.74) is 0.783. The van der Waals surface area contributed by atoms with Crippen molar-refractivity contribution in [2.45, 2.75) is 13.8 Å². The molecule has 8 heteroatoms. The zero-order valence-corrected chi connectivity index (χ0v) is 12.0. The zero-order valence-electron chi connectivity index (χ0n) is 11.1. The molecule has 0 spiro atoms. The van der Waals surface area contributed by atoms with E-state index in [9.17, 15) is 13.2 Å². The third-order valence-corrected chi connectivity index (χ3v) is 3.18. The van der Waals surface area contributed by atoms with Gasteiger partial charge in [0.25, 0.3) is 0 Å². The van der Waals surface area contributed by atoms with Gasteiger partial charge in [0.15, 0.2) is 0 Å². The highest BCUT2D eigenvalue weighted by Crippen LogP contribution is 2.08. The maximum Gasteiger partial charge on any atom is 0.341 e. The maximum atomic E-state index is 11.5. The number of nitrogens with one attached hydrogen (secondary N) is 1. The van der Waals surface area contributed by atoms with Gasteiger partial charge in [-0.25, -0.2) is 23.2 Å². The van der Waals surface area contributed by atoms with Gasteiger partial charge in [-0.3, -0.25) is 0 Å². The van der Waals surface area contributed by atoms with Crippen molar-refractivity contribution in [3.63, 3.8) is 0 Å². The summed E-state index contributed by atoms with van der Waals surface area (Å²) in [6, 6.07) is 0. The van der Waals surface area contributed by atoms with Crippen molar-refractivity contribution >= 4 is 21.8 Å². The third-order valence-electron chi connectivity index (χ3n) is 2.23. The Morgan fingerprint density at radius 2 is 2.16 bits per heavy atom. The summed E-state index contributed by atoms with van der Waals surface area (Å²) < 4.78 is 26.8. The number of carbonyl (C=O) groups excluding carboxylic acids is 1. The largest absolute Gasteiger partial charge is 0.462 e. The van der Waals surface area contributed by atoms with Gasteiger partial charge in [0, 0.05) is 19.0 Å². The fraction of sp³-hybridized carbons (Fsp3) is 0.545. The topological polar surface area (TPSA) is 98.2 Å². The van der Waals surface area contributed by atoms with E-state index in [0.29, 0.717) is 11.3 Å². The van der Waals surface area contributed by atoms with Gasteiger partial charge >= 0.3 is 5.97 Å². The molecule has 0 aliphatic heterocycles. The van der Waals surface area contributed by atoms with Crippen LogP contribution in [0, 0.1) is 6.92 Å². The average molecular weight is 287 g/mol. The van der Waals surface area contributed by atoms with Gasteiger partial charge in [-0.1, -0.05) is 0 Å². The van der Waals surface area contributed by atoms with Gasteiger partial charge in [-0.15, -0.1) is 0 Å². The van der Waals surface area contributed by atoms with Crippen LogP contribution in [0.2, 0.25) is 0 Å². The Morgan fingerprint density at radius 3 is 2.68 bits per heavy atom. The molecule has 0 radical (unpaired) electrons. The molecule has 0 aromatic carbocycles. The SMILES string of the molecule is CCOC(=O)c1cnc(NCCS(C)(=O)=O)nc1C. The summed E-state index contributed by atoms with van der Waals surface area (Å²) in [4.78, 5) is 19.5. The van der Waals surface area contributed by atoms with Crippen molar-refractivity contribution in [3.05, 3.63) is 17.5 Å². The monoisotopic (exact) mass is 287 g/mol. The Kier molecular flexibility index (Phi) is 5.22. The van der Waals surface area contributed by atoms with E-state index in [1.165, 1.54) is 6.20 Å². The third kappa shape index (κ3) is 5.21. The second-order valence-electron chi connectivity index (χ2n) is 3.97. The molecular formula is C11H17N3O4S. The molecular weight excluding hydrogens is 270 g/mol. The molecule has 1 aromatic heterocycles. The van der Waals surface area contributed by atoms with Crippen LogP contribution in [0.5, 0.6) is 0 Å². The lowest BCUT2D eigenvalue weighted by atomic mass is 10.2. The van der Waals surface area contributed by atoms with Gasteiger partial charge in [0.2, 0.25) is 5.95 Å². The highest BCUT2D eigenvalue weighted by atomic mass is 32.2. The van der Waals surface area contributed by atoms with Crippen molar-refractivity contribution in [1.82, 2.24) is 9.97 Å². The smallest absolute Gasteiger partial charge is 0.341 e. The molecule has 19 heavy (non-hydrogen) atoms. The number of sulfone groups is 1. The number of aromatic nitrogens is 2. The highest BCUT2D eigenvalue weighted by Gasteiger charge is 2.12. The molecule has 1 rings (SSSR count). The van der Waals surface area contributed by atoms with E-state index < -0.39 is 15.8 Å². The molecule has 106 valence electrons. The average Bonchev–Trinajstić information content (AvgIpc) is 2.27. The lowest BCUT2D eigenvalue weighted by Gasteiger charge is -2.07. The number of aryl methyl sites for hydroxylation is 1. The van der Waals surface area contributed by atoms with Gasteiger partial charge in [-0.05, 0) is 13.8 Å². The summed E-state index contributed by atoms with van der Waals surface area (Å²) >= 11 is 0. The van der Waals surface area contributed by atoms with Crippen LogP contribution < -0.4 is 5.32 Å². The minimum absolute atomic E-state index is 0.00493. The van der Waals surface area contributed by atoms with Crippen LogP contribution in [0.1, 0.15) is 23.0 Å². The Morgan fingerprint density at radius 1 is 1.47 bits per heavy atom. The van der Waals surface area contributed by atoms with Gasteiger partial charge in [-0.2, -0.15) is 0 Å². The molecule has 1 N–H and O–H groups in total. The van der Waals surface area contributed by atoms with E-state index in [2.05, 4.69) is 15.3 Å². The second-order valence-corrected chi connectivity index (χ2v) is 6.23. The van der Waals surface area contributed by atoms with E-state index >= 15 is 0 Å². The van der Waals surface area contributed by atoms with Crippen molar-refractivity contribution in [2.75, 3.05) is 30.5 Å². The molecule has 1 aromatic rings. The molecule has 0 saturated heterocycles. The Labute approximate surface area is 112 Å². The molecule has 0 aliphatic carbocycles. The first-order valence-electron chi connectivity index (χ1n) is 5.76. The number of anilines is 1. The number of ether oxygens (including phenoxy) is 1. The van der Waals surface area contributed by atoms with Crippen molar-refractivity contribution in [3.8, 4) is 0 Å². The molecule has 0 amide bonds. The van der Waals surface area contributed by atoms with E-state index in [0.717, 1.165) is 6.26 Å². The predicted octanol–water partition coefficient (Wildman–Crippen LogP) is 0.418. The second kappa shape index (κ2) is 6.46. The predicted molar refractivity (Wildman–Crippen MR) is 70.9 cm³/mol. The number of nitrogens with zero attached hydrogens (tertiary/aromatic N) is 2. The first-order valence-corrected chi connectivity index (χ1v) is 7.82. The number of carbonyl (C=O) groups is 1. The van der Waals surface area contributed by atoms with Crippen LogP contribution in [0.25, 0.3) is 0 Å². The van der Waals surface area contributed by atoms with Crippen LogP contribution in [0.4, 0.5) is 5.95 Å². The first kappa shape index (κ1) is 15.4. The lowest BCUT2D eigenvalue weighted by molar-refractivity contribution is 0.0524. The Bertz CT molecular complexity index is 557. The van der Waals surface area contributed by atoms with Crippen LogP contribution in [-0.2, 0) is 14.6 Å². The number of hydrogen-bond donors (Lipinski definition) is 1. The Balaban J connectivity index is 2.69. The molecule has 1 heterocycles. The van der Waals surface area contributed by atoms with E-state index in [1.807, 2.05) is 0 Å². The van der Waals surface area contributed by atoms with Crippen LogP contribution >= 0.6 is 0 Å². The van der Waals surface area contributed by atoms with E-state index in [1.54, 1.807) is 13.8 Å². The number of hydrogen-bond acceptors (Lipinski definition) is 7. The summed E-state index contributed by atoms with van der Waals surface area (Å²) in [5.74, 6) is -0.188. The molecule has 0 saturated carbocycles. The van der Waals surface area contributed by atoms with Crippen molar-refractivity contribution in [2.24, 2.45) is 0 Å². The number of rotatable bonds is 6. The molecule has 7 nitrogen and oxygen atoms in total. The van der Waals surface area contributed by atoms with E-state index in [4.69, 9.17) is 4.74 Å². The van der Waals surface area contributed by atoms with Crippen molar-refractivity contribution < 1.29 is 17.9 Å². The molecule has 0 aliphatic rings. The molecule has 0 bridgehead atoms. The van der Waals surface area contributed by atoms with Crippen LogP contribution in [0.3, 0.4) is 0 Å². The van der Waals surface area contributed by atoms with Gasteiger partial charge < -0.3 is 10.1 Å². The van der Waals surface area contributed by atoms with E-state index in [-0.39, 0.29) is 24.9 Å². The Hall–Kier alpha value is -1.70. The quantitative estimate of drug-likeness (QED) is 0.757. The molecule has 0 unspecified atom stereocenters.